The Morgan fingerprint density at radius 1 is 0.708 bits per heavy atom. The Bertz CT molecular complexity index is 378. The summed E-state index contributed by atoms with van der Waals surface area (Å²) in [5, 5.41) is 68.1. The van der Waals surface area contributed by atoms with E-state index in [9.17, 15) is 30.6 Å². The first-order valence-corrected chi connectivity index (χ1v) is 7.46. The number of ether oxygens (including phenoxy) is 4. The Kier molecular flexibility index (Phi) is 6.87. The lowest BCUT2D eigenvalue weighted by Gasteiger charge is -2.45. The van der Waals surface area contributed by atoms with Crippen molar-refractivity contribution < 1.29 is 54.7 Å². The lowest BCUT2D eigenvalue weighted by atomic mass is 9.97. The Hall–Kier alpha value is -0.440. The number of hydrogen-bond acceptors (Lipinski definition) is 11. The predicted molar refractivity (Wildman–Crippen MR) is 73.4 cm³/mol. The van der Waals surface area contributed by atoms with Crippen molar-refractivity contribution in [2.24, 2.45) is 0 Å². The van der Waals surface area contributed by atoms with E-state index in [1.54, 1.807) is 0 Å². The fourth-order valence-corrected chi connectivity index (χ4v) is 2.74. The molecule has 4 unspecified atom stereocenters. The molecule has 0 saturated carbocycles. The van der Waals surface area contributed by atoms with Gasteiger partial charge >= 0.3 is 0 Å². The van der Waals surface area contributed by atoms with Gasteiger partial charge in [0.1, 0.15) is 48.8 Å². The van der Waals surface area contributed by atoms with Crippen molar-refractivity contribution in [2.45, 2.75) is 61.4 Å². The summed E-state index contributed by atoms with van der Waals surface area (Å²) in [5.74, 6) is 0. The Morgan fingerprint density at radius 2 is 1.25 bits per heavy atom. The lowest BCUT2D eigenvalue weighted by Crippen LogP contribution is -2.64. The van der Waals surface area contributed by atoms with Crippen LogP contribution in [0.1, 0.15) is 0 Å². The van der Waals surface area contributed by atoms with E-state index >= 15 is 0 Å². The van der Waals surface area contributed by atoms with Crippen LogP contribution in [0.4, 0.5) is 0 Å². The van der Waals surface area contributed by atoms with Crippen LogP contribution >= 0.6 is 0 Å². The molecule has 0 aliphatic carbocycles. The minimum Gasteiger partial charge on any atom is -0.394 e. The first-order valence-electron chi connectivity index (χ1n) is 7.46. The molecular weight excluding hydrogens is 332 g/mol. The normalized spacial score (nSPS) is 50.0. The first kappa shape index (κ1) is 19.9. The zero-order valence-corrected chi connectivity index (χ0v) is 13.0. The monoisotopic (exact) mass is 356 g/mol. The quantitative estimate of drug-likeness (QED) is 0.251. The fourth-order valence-electron chi connectivity index (χ4n) is 2.74. The molecule has 2 aliphatic rings. The standard InChI is InChI=1S/C13H24O11/c1-21-12-10(20)11(7(17)5(3-15)22-12)24-13-9(19)8(18)6(16)4(2-14)23-13/h4-20H,2-3H2,1H3/t4?,5?,6-,7-,8+,9?,10?,11+,12+,13-/m1/s1. The maximum Gasteiger partial charge on any atom is 0.187 e. The van der Waals surface area contributed by atoms with E-state index in [1.807, 2.05) is 0 Å². The second-order valence-corrected chi connectivity index (χ2v) is 5.74. The van der Waals surface area contributed by atoms with Crippen molar-refractivity contribution in [3.8, 4) is 0 Å². The molecule has 2 saturated heterocycles. The average Bonchev–Trinajstić information content (AvgIpc) is 2.58. The number of methoxy groups -OCH3 is 1. The van der Waals surface area contributed by atoms with Crippen molar-refractivity contribution in [3.63, 3.8) is 0 Å². The Balaban J connectivity index is 2.14. The van der Waals surface area contributed by atoms with Gasteiger partial charge in [-0.25, -0.2) is 0 Å². The molecular formula is C13H24O11. The van der Waals surface area contributed by atoms with Gasteiger partial charge in [-0.2, -0.15) is 0 Å². The van der Waals surface area contributed by atoms with Crippen molar-refractivity contribution in [1.29, 1.82) is 0 Å². The highest BCUT2D eigenvalue weighted by atomic mass is 16.7. The molecule has 0 spiro atoms. The number of rotatable bonds is 5. The SMILES string of the molecule is CO[C@H]1OC(CO)[C@@H](O)[C@H](O[C@H]2OC(CO)[C@@H](O)[C@H](O)C2O)C1O. The number of aliphatic hydroxyl groups excluding tert-OH is 7. The van der Waals surface area contributed by atoms with Gasteiger partial charge in [-0.1, -0.05) is 0 Å². The summed E-state index contributed by atoms with van der Waals surface area (Å²) in [6, 6.07) is 0. The van der Waals surface area contributed by atoms with E-state index in [0.717, 1.165) is 0 Å². The van der Waals surface area contributed by atoms with Crippen LogP contribution in [-0.2, 0) is 18.9 Å². The van der Waals surface area contributed by atoms with Crippen molar-refractivity contribution >= 4 is 0 Å². The molecule has 0 bridgehead atoms. The second kappa shape index (κ2) is 8.29. The topological polar surface area (TPSA) is 179 Å². The fraction of sp³-hybridized carbons (Fsp3) is 1.00. The maximum absolute atomic E-state index is 10.2. The molecule has 2 fully saturated rings. The van der Waals surface area contributed by atoms with Crippen molar-refractivity contribution in [3.05, 3.63) is 0 Å². The summed E-state index contributed by atoms with van der Waals surface area (Å²) in [6.45, 7) is -1.23. The van der Waals surface area contributed by atoms with E-state index < -0.39 is 74.6 Å². The minimum absolute atomic E-state index is 0.581. The molecule has 142 valence electrons. The number of aliphatic hydroxyl groups is 7. The molecule has 24 heavy (non-hydrogen) atoms. The van der Waals surface area contributed by atoms with E-state index in [2.05, 4.69) is 0 Å². The van der Waals surface area contributed by atoms with Gasteiger partial charge in [0.15, 0.2) is 12.6 Å². The molecule has 10 atom stereocenters. The van der Waals surface area contributed by atoms with Crippen LogP contribution in [0.2, 0.25) is 0 Å². The van der Waals surface area contributed by atoms with Gasteiger partial charge in [0.25, 0.3) is 0 Å². The van der Waals surface area contributed by atoms with Crippen molar-refractivity contribution in [2.75, 3.05) is 20.3 Å². The Morgan fingerprint density at radius 3 is 1.79 bits per heavy atom. The third-order valence-electron chi connectivity index (χ3n) is 4.19. The van der Waals surface area contributed by atoms with E-state index in [1.165, 1.54) is 7.11 Å². The second-order valence-electron chi connectivity index (χ2n) is 5.74. The van der Waals surface area contributed by atoms with Crippen LogP contribution < -0.4 is 0 Å². The van der Waals surface area contributed by atoms with Gasteiger partial charge in [-0.15, -0.1) is 0 Å². The van der Waals surface area contributed by atoms with Crippen LogP contribution in [0.5, 0.6) is 0 Å². The summed E-state index contributed by atoms with van der Waals surface area (Å²) >= 11 is 0. The summed E-state index contributed by atoms with van der Waals surface area (Å²) in [4.78, 5) is 0. The lowest BCUT2D eigenvalue weighted by molar-refractivity contribution is -0.358. The Labute approximate surface area is 137 Å². The molecule has 0 aromatic rings. The largest absolute Gasteiger partial charge is 0.394 e. The van der Waals surface area contributed by atoms with Gasteiger partial charge in [0.05, 0.1) is 13.2 Å². The summed E-state index contributed by atoms with van der Waals surface area (Å²) in [5.41, 5.74) is 0. The third kappa shape index (κ3) is 3.71. The van der Waals surface area contributed by atoms with E-state index in [0.29, 0.717) is 0 Å². The van der Waals surface area contributed by atoms with Crippen LogP contribution in [-0.4, -0.2) is 117 Å². The molecule has 11 nitrogen and oxygen atoms in total. The molecule has 11 heteroatoms. The van der Waals surface area contributed by atoms with Gasteiger partial charge in [-0.05, 0) is 0 Å². The van der Waals surface area contributed by atoms with Gasteiger partial charge in [-0.3, -0.25) is 0 Å². The van der Waals surface area contributed by atoms with Gasteiger partial charge in [0, 0.05) is 7.11 Å². The summed E-state index contributed by atoms with van der Waals surface area (Å²) < 4.78 is 20.6. The smallest absolute Gasteiger partial charge is 0.187 e. The molecule has 0 aromatic heterocycles. The molecule has 2 aliphatic heterocycles. The minimum atomic E-state index is -1.70. The molecule has 0 amide bonds. The molecule has 0 radical (unpaired) electrons. The first-order chi connectivity index (χ1) is 11.3. The van der Waals surface area contributed by atoms with Crippen LogP contribution in [0.15, 0.2) is 0 Å². The van der Waals surface area contributed by atoms with E-state index in [4.69, 9.17) is 24.1 Å². The molecule has 7 N–H and O–H groups in total. The van der Waals surface area contributed by atoms with Gasteiger partial charge in [0.2, 0.25) is 0 Å². The zero-order chi connectivity index (χ0) is 18.0. The number of hydrogen-bond donors (Lipinski definition) is 7. The molecule has 2 rings (SSSR count). The molecule has 2 heterocycles. The average molecular weight is 356 g/mol. The van der Waals surface area contributed by atoms with Crippen LogP contribution in [0.3, 0.4) is 0 Å². The van der Waals surface area contributed by atoms with Crippen LogP contribution in [0.25, 0.3) is 0 Å². The van der Waals surface area contributed by atoms with Crippen molar-refractivity contribution in [1.82, 2.24) is 0 Å². The predicted octanol–water partition coefficient (Wildman–Crippen LogP) is -4.74. The highest BCUT2D eigenvalue weighted by Gasteiger charge is 2.50. The highest BCUT2D eigenvalue weighted by molar-refractivity contribution is 4.93. The van der Waals surface area contributed by atoms with Gasteiger partial charge < -0.3 is 54.7 Å². The third-order valence-corrected chi connectivity index (χ3v) is 4.19. The highest BCUT2D eigenvalue weighted by Crippen LogP contribution is 2.29. The summed E-state index contributed by atoms with van der Waals surface area (Å²) in [7, 11) is 1.24. The zero-order valence-electron chi connectivity index (χ0n) is 13.0. The van der Waals surface area contributed by atoms with Crippen LogP contribution in [0, 0.1) is 0 Å². The maximum atomic E-state index is 10.2. The molecule has 0 aromatic carbocycles. The summed E-state index contributed by atoms with van der Waals surface area (Å²) in [6.07, 6.45) is -14.4. The van der Waals surface area contributed by atoms with E-state index in [-0.39, 0.29) is 0 Å².